The van der Waals surface area contributed by atoms with Crippen molar-refractivity contribution in [3.8, 4) is 0 Å². The summed E-state index contributed by atoms with van der Waals surface area (Å²) >= 11 is 2.09. The molecule has 15 heavy (non-hydrogen) atoms. The van der Waals surface area contributed by atoms with Crippen molar-refractivity contribution in [3.05, 3.63) is 30.1 Å². The van der Waals surface area contributed by atoms with Gasteiger partial charge in [0.05, 0.1) is 0 Å². The molecule has 0 spiro atoms. The molecule has 0 saturated carbocycles. The summed E-state index contributed by atoms with van der Waals surface area (Å²) in [5, 5.41) is 3.54. The Kier molecular flexibility index (Phi) is 4.48. The number of aromatic nitrogens is 1. The van der Waals surface area contributed by atoms with Crippen LogP contribution < -0.4 is 5.32 Å². The molecule has 0 aromatic carbocycles. The van der Waals surface area contributed by atoms with E-state index in [9.17, 15) is 0 Å². The summed E-state index contributed by atoms with van der Waals surface area (Å²) in [6.07, 6.45) is 6.24. The van der Waals surface area contributed by atoms with E-state index in [2.05, 4.69) is 34.2 Å². The van der Waals surface area contributed by atoms with Crippen LogP contribution in [-0.2, 0) is 6.42 Å². The number of hydrogen-bond acceptors (Lipinski definition) is 3. The standard InChI is InChI=1S/C12H18N2S/c1-5-13-6-2-11(1)3-7-14-9-12-4-8-15-10-12/h1-2,5-6,12,14H,3-4,7-10H2. The number of nitrogens with one attached hydrogen (secondary N) is 1. The topological polar surface area (TPSA) is 24.9 Å². The van der Waals surface area contributed by atoms with Crippen molar-refractivity contribution in [2.75, 3.05) is 24.6 Å². The van der Waals surface area contributed by atoms with Gasteiger partial charge in [0.25, 0.3) is 0 Å². The third-order valence-corrected chi connectivity index (χ3v) is 4.03. The molecule has 1 saturated heterocycles. The lowest BCUT2D eigenvalue weighted by atomic mass is 10.1. The molecule has 1 aromatic rings. The van der Waals surface area contributed by atoms with Crippen molar-refractivity contribution >= 4 is 11.8 Å². The second kappa shape index (κ2) is 6.13. The monoisotopic (exact) mass is 222 g/mol. The highest BCUT2D eigenvalue weighted by atomic mass is 32.2. The zero-order valence-electron chi connectivity index (χ0n) is 8.98. The van der Waals surface area contributed by atoms with Crippen LogP contribution in [-0.4, -0.2) is 29.6 Å². The van der Waals surface area contributed by atoms with E-state index in [0.29, 0.717) is 0 Å². The molecule has 1 aliphatic rings. The first-order valence-corrected chi connectivity index (χ1v) is 6.78. The highest BCUT2D eigenvalue weighted by Crippen LogP contribution is 2.22. The number of hydrogen-bond donors (Lipinski definition) is 1. The van der Waals surface area contributed by atoms with E-state index in [0.717, 1.165) is 18.9 Å². The summed E-state index contributed by atoms with van der Waals surface area (Å²) in [6, 6.07) is 4.18. The van der Waals surface area contributed by atoms with Gasteiger partial charge in [-0.3, -0.25) is 4.98 Å². The number of rotatable bonds is 5. The van der Waals surface area contributed by atoms with Gasteiger partial charge in [-0.05, 0) is 61.1 Å². The fraction of sp³-hybridized carbons (Fsp3) is 0.583. The van der Waals surface area contributed by atoms with Crippen LogP contribution in [0.5, 0.6) is 0 Å². The van der Waals surface area contributed by atoms with Gasteiger partial charge in [0.1, 0.15) is 0 Å². The smallest absolute Gasteiger partial charge is 0.0270 e. The second-order valence-electron chi connectivity index (χ2n) is 4.04. The Hall–Kier alpha value is -0.540. The van der Waals surface area contributed by atoms with E-state index in [-0.39, 0.29) is 0 Å². The fourth-order valence-electron chi connectivity index (χ4n) is 1.83. The van der Waals surface area contributed by atoms with Crippen molar-refractivity contribution in [1.29, 1.82) is 0 Å². The Labute approximate surface area is 95.9 Å². The summed E-state index contributed by atoms with van der Waals surface area (Å²) in [5.41, 5.74) is 1.37. The molecule has 0 amide bonds. The largest absolute Gasteiger partial charge is 0.316 e. The summed E-state index contributed by atoms with van der Waals surface area (Å²) < 4.78 is 0. The molecule has 1 aliphatic heterocycles. The molecule has 1 N–H and O–H groups in total. The molecule has 82 valence electrons. The minimum atomic E-state index is 0.910. The van der Waals surface area contributed by atoms with Crippen LogP contribution in [0.15, 0.2) is 24.5 Å². The van der Waals surface area contributed by atoms with E-state index < -0.39 is 0 Å². The molecule has 0 radical (unpaired) electrons. The molecule has 0 bridgehead atoms. The van der Waals surface area contributed by atoms with E-state index in [1.165, 1.54) is 30.0 Å². The van der Waals surface area contributed by atoms with Gasteiger partial charge in [0.15, 0.2) is 0 Å². The van der Waals surface area contributed by atoms with Crippen LogP contribution in [0.4, 0.5) is 0 Å². The van der Waals surface area contributed by atoms with Crippen LogP contribution >= 0.6 is 11.8 Å². The lowest BCUT2D eigenvalue weighted by Gasteiger charge is -2.09. The number of pyridine rings is 1. The van der Waals surface area contributed by atoms with E-state index in [4.69, 9.17) is 0 Å². The molecule has 1 atom stereocenters. The van der Waals surface area contributed by atoms with Gasteiger partial charge in [0.2, 0.25) is 0 Å². The zero-order valence-corrected chi connectivity index (χ0v) is 9.80. The maximum absolute atomic E-state index is 4.01. The van der Waals surface area contributed by atoms with Crippen LogP contribution in [0.2, 0.25) is 0 Å². The SMILES string of the molecule is c1cc(CCNCC2CCSC2)ccn1. The van der Waals surface area contributed by atoms with Crippen LogP contribution in [0.1, 0.15) is 12.0 Å². The molecular formula is C12H18N2S. The Balaban J connectivity index is 1.59. The first-order chi connectivity index (χ1) is 7.45. The van der Waals surface area contributed by atoms with Crippen LogP contribution in [0.25, 0.3) is 0 Å². The van der Waals surface area contributed by atoms with Crippen molar-refractivity contribution in [3.63, 3.8) is 0 Å². The molecule has 2 heterocycles. The second-order valence-corrected chi connectivity index (χ2v) is 5.19. The molecule has 1 fully saturated rings. The normalized spacial score (nSPS) is 20.7. The lowest BCUT2D eigenvalue weighted by molar-refractivity contribution is 0.525. The zero-order chi connectivity index (χ0) is 10.3. The van der Waals surface area contributed by atoms with Gasteiger partial charge in [-0.1, -0.05) is 0 Å². The Morgan fingerprint density at radius 2 is 2.27 bits per heavy atom. The first-order valence-electron chi connectivity index (χ1n) is 5.62. The average molecular weight is 222 g/mol. The molecule has 3 heteroatoms. The number of thioether (sulfide) groups is 1. The van der Waals surface area contributed by atoms with Gasteiger partial charge in [-0.2, -0.15) is 11.8 Å². The lowest BCUT2D eigenvalue weighted by Crippen LogP contribution is -2.24. The Bertz CT molecular complexity index is 270. The van der Waals surface area contributed by atoms with Gasteiger partial charge in [-0.25, -0.2) is 0 Å². The van der Waals surface area contributed by atoms with Gasteiger partial charge in [0, 0.05) is 12.4 Å². The predicted octanol–water partition coefficient (Wildman–Crippen LogP) is 1.97. The average Bonchev–Trinajstić information content (AvgIpc) is 2.79. The fourth-order valence-corrected chi connectivity index (χ4v) is 3.12. The summed E-state index contributed by atoms with van der Waals surface area (Å²) in [7, 11) is 0. The molecule has 2 nitrogen and oxygen atoms in total. The first kappa shape index (κ1) is 11.0. The predicted molar refractivity (Wildman–Crippen MR) is 66.2 cm³/mol. The van der Waals surface area contributed by atoms with Gasteiger partial charge < -0.3 is 5.32 Å². The maximum Gasteiger partial charge on any atom is 0.0270 e. The molecule has 1 unspecified atom stereocenters. The number of nitrogens with zero attached hydrogens (tertiary/aromatic N) is 1. The highest BCUT2D eigenvalue weighted by molar-refractivity contribution is 7.99. The molecular weight excluding hydrogens is 204 g/mol. The summed E-state index contributed by atoms with van der Waals surface area (Å²) in [4.78, 5) is 4.01. The van der Waals surface area contributed by atoms with Crippen molar-refractivity contribution < 1.29 is 0 Å². The Morgan fingerprint density at radius 1 is 1.40 bits per heavy atom. The van der Waals surface area contributed by atoms with Gasteiger partial charge >= 0.3 is 0 Å². The minimum absolute atomic E-state index is 0.910. The summed E-state index contributed by atoms with van der Waals surface area (Å²) in [5.74, 6) is 3.62. The molecule has 1 aromatic heterocycles. The van der Waals surface area contributed by atoms with E-state index >= 15 is 0 Å². The molecule has 2 rings (SSSR count). The van der Waals surface area contributed by atoms with Crippen LogP contribution in [0.3, 0.4) is 0 Å². The van der Waals surface area contributed by atoms with Gasteiger partial charge in [-0.15, -0.1) is 0 Å². The highest BCUT2D eigenvalue weighted by Gasteiger charge is 2.14. The quantitative estimate of drug-likeness (QED) is 0.771. The van der Waals surface area contributed by atoms with E-state index in [1.54, 1.807) is 0 Å². The summed E-state index contributed by atoms with van der Waals surface area (Å²) in [6.45, 7) is 2.28. The van der Waals surface area contributed by atoms with Crippen molar-refractivity contribution in [1.82, 2.24) is 10.3 Å². The molecule has 0 aliphatic carbocycles. The van der Waals surface area contributed by atoms with E-state index in [1.807, 2.05) is 12.4 Å². The Morgan fingerprint density at radius 3 is 3.00 bits per heavy atom. The van der Waals surface area contributed by atoms with Crippen molar-refractivity contribution in [2.45, 2.75) is 12.8 Å². The third-order valence-electron chi connectivity index (χ3n) is 2.80. The third kappa shape index (κ3) is 3.84. The minimum Gasteiger partial charge on any atom is -0.316 e. The van der Waals surface area contributed by atoms with Crippen LogP contribution in [0, 0.1) is 5.92 Å². The van der Waals surface area contributed by atoms with Crippen molar-refractivity contribution in [2.24, 2.45) is 5.92 Å². The maximum atomic E-state index is 4.01.